The molecule has 0 saturated carbocycles. The van der Waals surface area contributed by atoms with Crippen molar-refractivity contribution in [1.29, 1.82) is 0 Å². The number of hydrogen-bond acceptors (Lipinski definition) is 5. The third-order valence-electron chi connectivity index (χ3n) is 4.22. The number of nitrogens with zero attached hydrogens (tertiary/aromatic N) is 3. The molecule has 2 heterocycles. The lowest BCUT2D eigenvalue weighted by Gasteiger charge is -2.08. The largest absolute Gasteiger partial charge is 0.484 e. The summed E-state index contributed by atoms with van der Waals surface area (Å²) in [7, 11) is 0. The number of rotatable bonds is 9. The summed E-state index contributed by atoms with van der Waals surface area (Å²) in [4.78, 5) is 35.6. The van der Waals surface area contributed by atoms with E-state index in [-0.39, 0.29) is 24.0 Å². The molecule has 0 aliphatic heterocycles. The molecule has 0 atom stereocenters. The molecule has 0 saturated heterocycles. The average molecular weight is 382 g/mol. The topological polar surface area (TPSA) is 94.7 Å². The van der Waals surface area contributed by atoms with E-state index in [1.54, 1.807) is 42.6 Å². The maximum absolute atomic E-state index is 12.1. The number of fused-ring (bicyclic) bond motifs is 1. The maximum Gasteiger partial charge on any atom is 0.350 e. The van der Waals surface area contributed by atoms with Crippen LogP contribution in [0.25, 0.3) is 5.65 Å². The van der Waals surface area contributed by atoms with Gasteiger partial charge in [0.25, 0.3) is 5.91 Å². The van der Waals surface area contributed by atoms with Gasteiger partial charge in [-0.1, -0.05) is 13.0 Å². The van der Waals surface area contributed by atoms with E-state index in [0.717, 1.165) is 0 Å². The Labute approximate surface area is 161 Å². The van der Waals surface area contributed by atoms with Crippen molar-refractivity contribution in [3.05, 3.63) is 64.7 Å². The van der Waals surface area contributed by atoms with E-state index in [1.807, 2.05) is 13.0 Å². The zero-order valence-corrected chi connectivity index (χ0v) is 15.6. The van der Waals surface area contributed by atoms with Crippen LogP contribution in [0.2, 0.25) is 0 Å². The van der Waals surface area contributed by atoms with Crippen molar-refractivity contribution >= 4 is 17.3 Å². The van der Waals surface area contributed by atoms with E-state index < -0.39 is 0 Å². The fourth-order valence-electron chi connectivity index (χ4n) is 2.71. The molecule has 0 unspecified atom stereocenters. The molecule has 8 heteroatoms. The molecule has 0 spiro atoms. The zero-order valence-electron chi connectivity index (χ0n) is 15.6. The van der Waals surface area contributed by atoms with Crippen LogP contribution in [0.5, 0.6) is 5.75 Å². The van der Waals surface area contributed by atoms with Gasteiger partial charge in [-0.3, -0.25) is 14.0 Å². The van der Waals surface area contributed by atoms with E-state index in [0.29, 0.717) is 42.9 Å². The highest BCUT2D eigenvalue weighted by Gasteiger charge is 2.07. The number of ether oxygens (including phenoxy) is 1. The molecule has 0 aliphatic rings. The van der Waals surface area contributed by atoms with Gasteiger partial charge < -0.3 is 10.1 Å². The summed E-state index contributed by atoms with van der Waals surface area (Å²) in [5.41, 5.74) is 1.02. The monoisotopic (exact) mass is 382 g/mol. The van der Waals surface area contributed by atoms with Crippen molar-refractivity contribution in [2.45, 2.75) is 26.3 Å². The Bertz CT molecular complexity index is 1020. The molecule has 1 aromatic carbocycles. The average Bonchev–Trinajstić information content (AvgIpc) is 3.05. The highest BCUT2D eigenvalue weighted by atomic mass is 16.5. The van der Waals surface area contributed by atoms with Gasteiger partial charge in [0.2, 0.25) is 0 Å². The van der Waals surface area contributed by atoms with Crippen LogP contribution >= 0.6 is 0 Å². The third-order valence-corrected chi connectivity index (χ3v) is 4.22. The first kappa shape index (κ1) is 19.3. The number of aryl methyl sites for hydroxylation is 1. The first-order valence-corrected chi connectivity index (χ1v) is 9.15. The fourth-order valence-corrected chi connectivity index (χ4v) is 2.71. The second-order valence-corrected chi connectivity index (χ2v) is 6.23. The molecule has 3 rings (SSSR count). The van der Waals surface area contributed by atoms with E-state index in [2.05, 4.69) is 10.4 Å². The highest BCUT2D eigenvalue weighted by molar-refractivity contribution is 5.95. The van der Waals surface area contributed by atoms with Gasteiger partial charge in [0, 0.05) is 31.3 Å². The molecule has 28 heavy (non-hydrogen) atoms. The molecular formula is C20H22N4O4. The Morgan fingerprint density at radius 2 is 1.93 bits per heavy atom. The SMILES string of the molecule is CCC(=O)c1ccc(OCC(=O)NCCCn2nc3ccccn3c2=O)cc1. The van der Waals surface area contributed by atoms with Crippen LogP contribution in [0.4, 0.5) is 0 Å². The lowest BCUT2D eigenvalue weighted by Crippen LogP contribution is -2.31. The summed E-state index contributed by atoms with van der Waals surface area (Å²) in [6, 6.07) is 12.1. The number of carbonyl (C=O) groups excluding carboxylic acids is 2. The lowest BCUT2D eigenvalue weighted by molar-refractivity contribution is -0.123. The molecule has 0 aliphatic carbocycles. The van der Waals surface area contributed by atoms with Gasteiger partial charge in [0.15, 0.2) is 18.0 Å². The summed E-state index contributed by atoms with van der Waals surface area (Å²) in [6.45, 7) is 2.51. The number of pyridine rings is 1. The van der Waals surface area contributed by atoms with Crippen LogP contribution < -0.4 is 15.7 Å². The van der Waals surface area contributed by atoms with Crippen LogP contribution in [0.15, 0.2) is 53.5 Å². The minimum Gasteiger partial charge on any atom is -0.484 e. The molecule has 146 valence electrons. The Morgan fingerprint density at radius 1 is 1.14 bits per heavy atom. The summed E-state index contributed by atoms with van der Waals surface area (Å²) in [5, 5.41) is 6.98. The van der Waals surface area contributed by atoms with Crippen molar-refractivity contribution in [2.24, 2.45) is 0 Å². The molecule has 3 aromatic rings. The fraction of sp³-hybridized carbons (Fsp3) is 0.300. The lowest BCUT2D eigenvalue weighted by atomic mass is 10.1. The molecule has 8 nitrogen and oxygen atoms in total. The predicted octanol–water partition coefficient (Wildman–Crippen LogP) is 1.67. The first-order chi connectivity index (χ1) is 13.6. The number of nitrogens with one attached hydrogen (secondary N) is 1. The Kier molecular flexibility index (Phi) is 6.21. The van der Waals surface area contributed by atoms with Gasteiger partial charge in [-0.05, 0) is 42.8 Å². The van der Waals surface area contributed by atoms with Crippen molar-refractivity contribution in [1.82, 2.24) is 19.5 Å². The minimum absolute atomic E-state index is 0.0639. The van der Waals surface area contributed by atoms with Gasteiger partial charge in [-0.15, -0.1) is 5.10 Å². The molecule has 2 aromatic heterocycles. The van der Waals surface area contributed by atoms with Crippen molar-refractivity contribution in [2.75, 3.05) is 13.2 Å². The second-order valence-electron chi connectivity index (χ2n) is 6.23. The number of benzene rings is 1. The first-order valence-electron chi connectivity index (χ1n) is 9.15. The maximum atomic E-state index is 12.1. The quantitative estimate of drug-likeness (QED) is 0.449. The number of amides is 1. The van der Waals surface area contributed by atoms with Crippen LogP contribution in [-0.4, -0.2) is 39.0 Å². The summed E-state index contributed by atoms with van der Waals surface area (Å²) < 4.78 is 8.28. The van der Waals surface area contributed by atoms with Gasteiger partial charge in [-0.25, -0.2) is 9.48 Å². The number of ketones is 1. The van der Waals surface area contributed by atoms with E-state index >= 15 is 0 Å². The van der Waals surface area contributed by atoms with Gasteiger partial charge in [-0.2, -0.15) is 0 Å². The normalized spacial score (nSPS) is 10.8. The Balaban J connectivity index is 1.40. The van der Waals surface area contributed by atoms with Gasteiger partial charge in [0.05, 0.1) is 0 Å². The van der Waals surface area contributed by atoms with Crippen LogP contribution in [0, 0.1) is 0 Å². The van der Waals surface area contributed by atoms with E-state index in [9.17, 15) is 14.4 Å². The van der Waals surface area contributed by atoms with Crippen LogP contribution in [0.1, 0.15) is 30.1 Å². The number of carbonyl (C=O) groups is 2. The number of hydrogen-bond donors (Lipinski definition) is 1. The molecule has 0 radical (unpaired) electrons. The third kappa shape index (κ3) is 4.64. The standard InChI is InChI=1S/C20H22N4O4/c1-2-17(25)15-7-9-16(10-8-15)28-14-19(26)21-11-5-13-24-20(27)23-12-4-3-6-18(23)22-24/h3-4,6-10,12H,2,5,11,13-14H2,1H3,(H,21,26). The van der Waals surface area contributed by atoms with Crippen LogP contribution in [0.3, 0.4) is 0 Å². The Morgan fingerprint density at radius 3 is 2.64 bits per heavy atom. The van der Waals surface area contributed by atoms with Crippen LogP contribution in [-0.2, 0) is 11.3 Å². The predicted molar refractivity (Wildman–Crippen MR) is 104 cm³/mol. The van der Waals surface area contributed by atoms with Crippen molar-refractivity contribution < 1.29 is 14.3 Å². The molecule has 0 fully saturated rings. The van der Waals surface area contributed by atoms with Gasteiger partial charge >= 0.3 is 5.69 Å². The zero-order chi connectivity index (χ0) is 19.9. The van der Waals surface area contributed by atoms with E-state index in [4.69, 9.17) is 4.74 Å². The smallest absolute Gasteiger partial charge is 0.350 e. The Hall–Kier alpha value is -3.42. The van der Waals surface area contributed by atoms with Crippen molar-refractivity contribution in [3.8, 4) is 5.75 Å². The summed E-state index contributed by atoms with van der Waals surface area (Å²) in [6.07, 6.45) is 2.69. The molecular weight excluding hydrogens is 360 g/mol. The highest BCUT2D eigenvalue weighted by Crippen LogP contribution is 2.13. The van der Waals surface area contributed by atoms with Crippen molar-refractivity contribution in [3.63, 3.8) is 0 Å². The molecule has 1 amide bonds. The second kappa shape index (κ2) is 8.98. The summed E-state index contributed by atoms with van der Waals surface area (Å²) >= 11 is 0. The number of Topliss-reactive ketones (excluding diaryl/α,β-unsaturated/α-hetero) is 1. The number of aromatic nitrogens is 3. The molecule has 0 bridgehead atoms. The van der Waals surface area contributed by atoms with E-state index in [1.165, 1.54) is 9.08 Å². The minimum atomic E-state index is -0.254. The molecule has 1 N–H and O–H groups in total. The summed E-state index contributed by atoms with van der Waals surface area (Å²) in [5.74, 6) is 0.337. The van der Waals surface area contributed by atoms with Gasteiger partial charge in [0.1, 0.15) is 5.75 Å².